The molecule has 2 rings (SSSR count). The lowest BCUT2D eigenvalue weighted by atomic mass is 10.1. The van der Waals surface area contributed by atoms with Crippen LogP contribution in [0.4, 0.5) is 5.69 Å². The topological polar surface area (TPSA) is 152 Å². The molecule has 0 aromatic heterocycles. The van der Waals surface area contributed by atoms with Gasteiger partial charge in [-0.2, -0.15) is 18.8 Å². The molecule has 0 aliphatic heterocycles. The van der Waals surface area contributed by atoms with Crippen molar-refractivity contribution >= 4 is 38.1 Å². The van der Waals surface area contributed by atoms with Gasteiger partial charge in [-0.1, -0.05) is 18.2 Å². The first-order chi connectivity index (χ1) is 10.3. The molecule has 22 heavy (non-hydrogen) atoms. The quantitative estimate of drug-likeness (QED) is 0.289. The minimum atomic E-state index is -4.33. The maximum absolute atomic E-state index is 11.2. The van der Waals surface area contributed by atoms with E-state index in [1.54, 1.807) is 24.3 Å². The highest BCUT2D eigenvalue weighted by atomic mass is 32.2. The van der Waals surface area contributed by atoms with Gasteiger partial charge in [-0.25, -0.2) is 0 Å². The van der Waals surface area contributed by atoms with E-state index in [4.69, 9.17) is 21.0 Å². The molecule has 2 aromatic rings. The molecule has 112 valence electrons. The van der Waals surface area contributed by atoms with Gasteiger partial charge in [0.25, 0.3) is 10.1 Å². The molecular weight excluding hydrogens is 306 g/mol. The standard InChI is InChI=1S/C13H11N5O3S/c14-7-12(13(15)16)18-17-11-3-1-2-8-4-5-9(6-10(8)11)22(19,20)21/h1-6,17H,(H3,15,16)(H,19,20,21)/b18-12+. The van der Waals surface area contributed by atoms with Crippen LogP contribution in [0.3, 0.4) is 0 Å². The molecule has 9 heteroatoms. The summed E-state index contributed by atoms with van der Waals surface area (Å²) in [6.07, 6.45) is 0. The predicted octanol–water partition coefficient (Wildman–Crippen LogP) is 1.31. The van der Waals surface area contributed by atoms with E-state index in [0.29, 0.717) is 16.5 Å². The Bertz CT molecular complexity index is 928. The summed E-state index contributed by atoms with van der Waals surface area (Å²) in [6.45, 7) is 0. The highest BCUT2D eigenvalue weighted by molar-refractivity contribution is 7.85. The van der Waals surface area contributed by atoms with Crippen molar-refractivity contribution in [2.24, 2.45) is 10.8 Å². The highest BCUT2D eigenvalue weighted by Crippen LogP contribution is 2.26. The van der Waals surface area contributed by atoms with Crippen LogP contribution in [0.15, 0.2) is 46.4 Å². The average molecular weight is 317 g/mol. The van der Waals surface area contributed by atoms with Crippen LogP contribution in [-0.2, 0) is 10.1 Å². The smallest absolute Gasteiger partial charge is 0.294 e. The lowest BCUT2D eigenvalue weighted by molar-refractivity contribution is 0.483. The third kappa shape index (κ3) is 3.20. The molecule has 0 atom stereocenters. The van der Waals surface area contributed by atoms with Crippen molar-refractivity contribution in [3.05, 3.63) is 36.4 Å². The number of rotatable bonds is 4. The molecule has 5 N–H and O–H groups in total. The van der Waals surface area contributed by atoms with Gasteiger partial charge in [0.15, 0.2) is 5.84 Å². The second kappa shape index (κ2) is 5.80. The van der Waals surface area contributed by atoms with Crippen LogP contribution in [-0.4, -0.2) is 24.5 Å². The monoisotopic (exact) mass is 317 g/mol. The van der Waals surface area contributed by atoms with E-state index in [1.165, 1.54) is 18.2 Å². The fourth-order valence-electron chi connectivity index (χ4n) is 1.77. The Balaban J connectivity index is 2.55. The van der Waals surface area contributed by atoms with E-state index in [9.17, 15) is 8.42 Å². The van der Waals surface area contributed by atoms with E-state index >= 15 is 0 Å². The van der Waals surface area contributed by atoms with E-state index in [2.05, 4.69) is 10.5 Å². The van der Waals surface area contributed by atoms with Crippen LogP contribution in [0.25, 0.3) is 10.8 Å². The number of fused-ring (bicyclic) bond motifs is 1. The lowest BCUT2D eigenvalue weighted by Gasteiger charge is -2.07. The van der Waals surface area contributed by atoms with E-state index in [0.717, 1.165) is 0 Å². The van der Waals surface area contributed by atoms with E-state index in [-0.39, 0.29) is 10.6 Å². The average Bonchev–Trinajstić information content (AvgIpc) is 2.46. The number of hydrogen-bond acceptors (Lipinski definition) is 6. The largest absolute Gasteiger partial charge is 0.382 e. The van der Waals surface area contributed by atoms with E-state index in [1.807, 2.05) is 0 Å². The number of amidine groups is 1. The third-order valence-electron chi connectivity index (χ3n) is 2.80. The van der Waals surface area contributed by atoms with E-state index < -0.39 is 16.0 Å². The number of hydrazone groups is 1. The Kier molecular flexibility index (Phi) is 4.07. The number of nitrogens with one attached hydrogen (secondary N) is 2. The predicted molar refractivity (Wildman–Crippen MR) is 82.3 cm³/mol. The summed E-state index contributed by atoms with van der Waals surface area (Å²) in [4.78, 5) is -0.259. The molecule has 0 aliphatic carbocycles. The molecule has 0 aliphatic rings. The first-order valence-corrected chi connectivity index (χ1v) is 7.35. The maximum Gasteiger partial charge on any atom is 0.294 e. The van der Waals surface area contributed by atoms with Crippen molar-refractivity contribution in [2.45, 2.75) is 4.90 Å². The van der Waals surface area contributed by atoms with Crippen molar-refractivity contribution in [1.29, 1.82) is 10.7 Å². The van der Waals surface area contributed by atoms with Crippen LogP contribution >= 0.6 is 0 Å². The zero-order chi connectivity index (χ0) is 16.3. The van der Waals surface area contributed by atoms with Crippen LogP contribution in [0.5, 0.6) is 0 Å². The number of anilines is 1. The molecule has 0 radical (unpaired) electrons. The van der Waals surface area contributed by atoms with Gasteiger partial charge in [-0.05, 0) is 23.6 Å². The Labute approximate surface area is 126 Å². The fourth-order valence-corrected chi connectivity index (χ4v) is 2.28. The van der Waals surface area contributed by atoms with Gasteiger partial charge in [0.1, 0.15) is 6.07 Å². The molecule has 8 nitrogen and oxygen atoms in total. The maximum atomic E-state index is 11.2. The zero-order valence-corrected chi connectivity index (χ0v) is 11.9. The first kappa shape index (κ1) is 15.4. The summed E-state index contributed by atoms with van der Waals surface area (Å²) < 4.78 is 31.5. The van der Waals surface area contributed by atoms with Crippen molar-refractivity contribution in [3.8, 4) is 6.07 Å². The summed E-state index contributed by atoms with van der Waals surface area (Å²) in [7, 11) is -4.33. The Morgan fingerprint density at radius 1 is 1.36 bits per heavy atom. The number of benzene rings is 2. The van der Waals surface area contributed by atoms with Gasteiger partial charge in [0.2, 0.25) is 5.71 Å². The molecule has 0 saturated heterocycles. The SMILES string of the molecule is N#C/C(=N\Nc1cccc2ccc(S(=O)(=O)O)cc12)C(=N)N. The van der Waals surface area contributed by atoms with Crippen LogP contribution in [0.2, 0.25) is 0 Å². The summed E-state index contributed by atoms with van der Waals surface area (Å²) in [6, 6.07) is 10.8. The summed E-state index contributed by atoms with van der Waals surface area (Å²) >= 11 is 0. The second-order valence-electron chi connectivity index (χ2n) is 4.26. The summed E-state index contributed by atoms with van der Waals surface area (Å²) in [5.74, 6) is -0.492. The molecule has 0 amide bonds. The molecule has 0 bridgehead atoms. The van der Waals surface area contributed by atoms with Crippen LogP contribution in [0, 0.1) is 16.7 Å². The fraction of sp³-hybridized carbons (Fsp3) is 0. The zero-order valence-electron chi connectivity index (χ0n) is 11.1. The third-order valence-corrected chi connectivity index (χ3v) is 3.65. The molecule has 0 heterocycles. The van der Waals surface area contributed by atoms with Gasteiger partial charge in [0, 0.05) is 5.39 Å². The minimum absolute atomic E-state index is 0.259. The molecule has 0 fully saturated rings. The highest BCUT2D eigenvalue weighted by Gasteiger charge is 2.11. The van der Waals surface area contributed by atoms with Crippen molar-refractivity contribution in [2.75, 3.05) is 5.43 Å². The van der Waals surface area contributed by atoms with Gasteiger partial charge in [-0.3, -0.25) is 15.4 Å². The van der Waals surface area contributed by atoms with Crippen LogP contribution in [0.1, 0.15) is 0 Å². The summed E-state index contributed by atoms with van der Waals surface area (Å²) in [5.41, 5.74) is 7.85. The van der Waals surface area contributed by atoms with Gasteiger partial charge in [0.05, 0.1) is 10.6 Å². The summed E-state index contributed by atoms with van der Waals surface area (Å²) in [5, 5.41) is 20.8. The number of hydrogen-bond donors (Lipinski definition) is 4. The van der Waals surface area contributed by atoms with Gasteiger partial charge < -0.3 is 5.73 Å². The van der Waals surface area contributed by atoms with Gasteiger partial charge >= 0.3 is 0 Å². The molecule has 0 saturated carbocycles. The molecule has 0 spiro atoms. The second-order valence-corrected chi connectivity index (χ2v) is 5.68. The van der Waals surface area contributed by atoms with Crippen molar-refractivity contribution in [1.82, 2.24) is 0 Å². The molecule has 0 unspecified atom stereocenters. The lowest BCUT2D eigenvalue weighted by Crippen LogP contribution is -2.21. The number of nitrogens with two attached hydrogens (primary N) is 1. The minimum Gasteiger partial charge on any atom is -0.382 e. The Hall–Kier alpha value is -2.96. The first-order valence-electron chi connectivity index (χ1n) is 5.91. The Morgan fingerprint density at radius 2 is 2.09 bits per heavy atom. The molecule has 2 aromatic carbocycles. The molecular formula is C13H11N5O3S. The van der Waals surface area contributed by atoms with Gasteiger partial charge in [-0.15, -0.1) is 0 Å². The number of nitriles is 1. The van der Waals surface area contributed by atoms with Crippen LogP contribution < -0.4 is 11.2 Å². The number of nitrogens with zero attached hydrogens (tertiary/aromatic N) is 2. The Morgan fingerprint density at radius 3 is 2.68 bits per heavy atom. The normalized spacial score (nSPS) is 11.9. The van der Waals surface area contributed by atoms with Crippen molar-refractivity contribution < 1.29 is 13.0 Å². The van der Waals surface area contributed by atoms with Crippen molar-refractivity contribution in [3.63, 3.8) is 0 Å².